The maximum absolute atomic E-state index is 16.8. The van der Waals surface area contributed by atoms with Gasteiger partial charge in [0.2, 0.25) is 29.5 Å². The van der Waals surface area contributed by atoms with E-state index in [1.807, 2.05) is 74.2 Å². The number of benzene rings is 4. The van der Waals surface area contributed by atoms with Crippen molar-refractivity contribution < 1.29 is 51.7 Å². The Morgan fingerprint density at radius 2 is 1.61 bits per heavy atom. The monoisotopic (exact) mass is 1190 g/mol. The number of ether oxygens (including phenoxy) is 2. The van der Waals surface area contributed by atoms with E-state index in [9.17, 15) is 28.5 Å². The molecule has 4 aliphatic rings. The van der Waals surface area contributed by atoms with E-state index < -0.39 is 60.8 Å². The molecular formula is C62H74FN8O11PS. The summed E-state index contributed by atoms with van der Waals surface area (Å²) in [6, 6.07) is 26.2. The van der Waals surface area contributed by atoms with Crippen LogP contribution in [0.4, 0.5) is 4.39 Å². The first-order valence-electron chi connectivity index (χ1n) is 29.0. The molecule has 19 nitrogen and oxygen atoms in total. The largest absolute Gasteiger partial charge is 0.465 e. The summed E-state index contributed by atoms with van der Waals surface area (Å²) in [4.78, 5) is 102. The lowest BCUT2D eigenvalue weighted by atomic mass is 9.82. The van der Waals surface area contributed by atoms with Crippen LogP contribution in [0.25, 0.3) is 21.1 Å². The van der Waals surface area contributed by atoms with Gasteiger partial charge in [0.05, 0.1) is 35.7 Å². The number of fused-ring (bicyclic) bond motifs is 2. The van der Waals surface area contributed by atoms with Crippen LogP contribution < -0.4 is 25.9 Å². The number of nitrogens with zero attached hydrogens (tertiary/aromatic N) is 5. The topological polar surface area (TPSA) is 220 Å². The maximum Gasteiger partial charge on any atom is 0.355 e. The number of rotatable bonds is 18. The molecule has 3 N–H and O–H groups in total. The maximum atomic E-state index is 16.8. The number of halogens is 1. The standard InChI is InChI=1S/C62H74FN8O11PS/c1-7-80-60(77)38(2)66-83(79,82-45-16-12-9-13-17-45)55(63)43-19-22-50-44(34-43)35-51(84-50)57(74)65-54(62(3,4)5)59(76)70-29-26-42(53(70)58(75)69-30-31-81-49(37-69)41-14-10-8-11-15-41)32-39-24-27-68(28-25-39)36-40-18-20-46-48(33-40)67(6)61(78)71(46)47-21-23-52(72)64-56(47)73/h8-20,22,33-35,38-39,42,47,49,53-55H,7,21,23-32,36-37H2,1-6H3,(H,65,74)(H,66,79)(H,64,72,73)/t38-,42-,47?,49-,53-,54+,55-,83?/m0/s1. The highest BCUT2D eigenvalue weighted by Gasteiger charge is 2.49. The smallest absolute Gasteiger partial charge is 0.355 e. The molecule has 0 spiro atoms. The van der Waals surface area contributed by atoms with Gasteiger partial charge in [0, 0.05) is 37.8 Å². The highest BCUT2D eigenvalue weighted by atomic mass is 32.1. The van der Waals surface area contributed by atoms with Gasteiger partial charge >= 0.3 is 19.2 Å². The molecule has 6 heterocycles. The molecule has 5 amide bonds. The normalized spacial score (nSPS) is 21.8. The van der Waals surface area contributed by atoms with Crippen LogP contribution in [-0.4, -0.2) is 123 Å². The van der Waals surface area contributed by atoms with Gasteiger partial charge in [0.25, 0.3) is 5.91 Å². The molecule has 2 unspecified atom stereocenters. The van der Waals surface area contributed by atoms with Crippen LogP contribution in [0.3, 0.4) is 0 Å². The SMILES string of the molecule is CCOC(=O)[C@H](C)NP(=O)(Oc1ccccc1)[C@H](F)c1ccc2sc(C(=O)N[C@H](C(=O)N3CC[C@@H](CC4CCN(Cc5ccc6c(c5)n(C)c(=O)n6C5CCC(=O)NC5=O)CC4)[C@H]3C(=O)N3CCO[C@H](c4ccccc4)C3)C(C)(C)C)cc2c1. The van der Waals surface area contributed by atoms with Gasteiger partial charge in [-0.3, -0.25) is 52.7 Å². The van der Waals surface area contributed by atoms with E-state index in [0.717, 1.165) is 54.8 Å². The Morgan fingerprint density at radius 3 is 2.31 bits per heavy atom. The number of carbonyl (C=O) groups is 6. The first-order chi connectivity index (χ1) is 40.2. The van der Waals surface area contributed by atoms with Crippen molar-refractivity contribution >= 4 is 75.5 Å². The summed E-state index contributed by atoms with van der Waals surface area (Å²) in [5.74, 6) is -4.56. The highest BCUT2D eigenvalue weighted by Crippen LogP contribution is 2.58. The molecule has 0 saturated carbocycles. The number of thiophene rings is 1. The lowest BCUT2D eigenvalue weighted by Gasteiger charge is -2.40. The fourth-order valence-electron chi connectivity index (χ4n) is 12.3. The van der Waals surface area contributed by atoms with E-state index in [0.29, 0.717) is 60.3 Å². The number of alkyl halides is 1. The van der Waals surface area contributed by atoms with Gasteiger partial charge in [-0.2, -0.15) is 0 Å². The Morgan fingerprint density at radius 1 is 0.881 bits per heavy atom. The number of morpholine rings is 1. The second-order valence-electron chi connectivity index (χ2n) is 23.7. The molecule has 0 aliphatic carbocycles. The lowest BCUT2D eigenvalue weighted by Crippen LogP contribution is -2.59. The zero-order chi connectivity index (χ0) is 59.6. The van der Waals surface area contributed by atoms with E-state index in [-0.39, 0.29) is 77.0 Å². The van der Waals surface area contributed by atoms with E-state index >= 15 is 14.0 Å². The summed E-state index contributed by atoms with van der Waals surface area (Å²) in [5, 5.41) is 8.50. The second kappa shape index (κ2) is 25.3. The third kappa shape index (κ3) is 13.0. The minimum atomic E-state index is -4.51. The molecule has 10 rings (SSSR count). The predicted octanol–water partition coefficient (Wildman–Crippen LogP) is 8.58. The van der Waals surface area contributed by atoms with E-state index in [2.05, 4.69) is 20.6 Å². The molecule has 0 bridgehead atoms. The number of aromatic nitrogens is 2. The van der Waals surface area contributed by atoms with Gasteiger partial charge in [0.15, 0.2) is 0 Å². The lowest BCUT2D eigenvalue weighted by molar-refractivity contribution is -0.152. The molecule has 4 aromatic carbocycles. The number of piperidine rings is 2. The number of aryl methyl sites for hydroxylation is 1. The Balaban J connectivity index is 0.847. The first kappa shape index (κ1) is 60.1. The zero-order valence-electron chi connectivity index (χ0n) is 48.3. The molecule has 22 heteroatoms. The second-order valence-corrected chi connectivity index (χ2v) is 26.8. The molecule has 4 saturated heterocycles. The number of hydrogen-bond acceptors (Lipinski definition) is 13. The van der Waals surface area contributed by atoms with Crippen LogP contribution in [-0.2, 0) is 51.6 Å². The molecule has 6 aromatic rings. The fourth-order valence-corrected chi connectivity index (χ4v) is 15.2. The van der Waals surface area contributed by atoms with E-state index in [4.69, 9.17) is 14.0 Å². The number of likely N-dealkylation sites (tertiary alicyclic amines) is 2. The van der Waals surface area contributed by atoms with Crippen molar-refractivity contribution in [2.75, 3.05) is 45.9 Å². The van der Waals surface area contributed by atoms with Crippen molar-refractivity contribution in [3.8, 4) is 5.75 Å². The zero-order valence-corrected chi connectivity index (χ0v) is 50.0. The molecule has 2 aromatic heterocycles. The number of esters is 1. The number of para-hydroxylation sites is 1. The fraction of sp³-hybridized carbons (Fsp3) is 0.468. The van der Waals surface area contributed by atoms with Crippen LogP contribution >= 0.6 is 18.9 Å². The average molecular weight is 1190 g/mol. The minimum absolute atomic E-state index is 0.0105. The summed E-state index contributed by atoms with van der Waals surface area (Å²) >= 11 is 1.16. The molecule has 84 heavy (non-hydrogen) atoms. The third-order valence-corrected chi connectivity index (χ3v) is 20.0. The Labute approximate surface area is 491 Å². The third-order valence-electron chi connectivity index (χ3n) is 16.8. The number of imide groups is 1. The van der Waals surface area contributed by atoms with Crippen LogP contribution in [0.15, 0.2) is 108 Å². The molecular weight excluding hydrogens is 1110 g/mol. The van der Waals surface area contributed by atoms with Crippen molar-refractivity contribution in [3.63, 3.8) is 0 Å². The van der Waals surface area contributed by atoms with E-state index in [1.54, 1.807) is 53.8 Å². The molecule has 4 fully saturated rings. The number of nitrogens with one attached hydrogen (secondary N) is 3. The van der Waals surface area contributed by atoms with Gasteiger partial charge in [-0.1, -0.05) is 81.4 Å². The van der Waals surface area contributed by atoms with Crippen molar-refractivity contribution in [1.29, 1.82) is 0 Å². The highest BCUT2D eigenvalue weighted by molar-refractivity contribution is 7.57. The summed E-state index contributed by atoms with van der Waals surface area (Å²) < 4.78 is 52.1. The molecule has 4 aliphatic heterocycles. The van der Waals surface area contributed by atoms with Crippen molar-refractivity contribution in [2.45, 2.75) is 116 Å². The van der Waals surface area contributed by atoms with Gasteiger partial charge in [-0.25, -0.2) is 14.3 Å². The van der Waals surface area contributed by atoms with Crippen LogP contribution in [0.2, 0.25) is 0 Å². The number of carbonyl (C=O) groups excluding carboxylic acids is 6. The average Bonchev–Trinajstić information content (AvgIpc) is 2.70. The molecule has 446 valence electrons. The number of amides is 5. The van der Waals surface area contributed by atoms with Crippen molar-refractivity contribution in [1.82, 2.24) is 39.6 Å². The van der Waals surface area contributed by atoms with Gasteiger partial charge in [0.1, 0.15) is 36.0 Å². The number of hydrogen-bond donors (Lipinski definition) is 3. The summed E-state index contributed by atoms with van der Waals surface area (Å²) in [7, 11) is -2.82. The quantitative estimate of drug-likeness (QED) is 0.0418. The Hall–Kier alpha value is -7.03. The summed E-state index contributed by atoms with van der Waals surface area (Å²) in [5.41, 5.74) is 2.19. The van der Waals surface area contributed by atoms with E-state index in [1.165, 1.54) is 35.8 Å². The first-order valence-corrected chi connectivity index (χ1v) is 31.5. The minimum Gasteiger partial charge on any atom is -0.465 e. The van der Waals surface area contributed by atoms with Crippen molar-refractivity contribution in [3.05, 3.63) is 135 Å². The van der Waals surface area contributed by atoms with Crippen molar-refractivity contribution in [2.24, 2.45) is 24.3 Å². The predicted molar refractivity (Wildman–Crippen MR) is 317 cm³/mol. The Bertz CT molecular complexity index is 3540. The molecule has 0 radical (unpaired) electrons. The summed E-state index contributed by atoms with van der Waals surface area (Å²) in [6.45, 7) is 12.4. The Kier molecular flexibility index (Phi) is 18.1. The van der Waals surface area contributed by atoms with Gasteiger partial charge in [-0.05, 0) is 141 Å². The van der Waals surface area contributed by atoms with Gasteiger partial charge < -0.3 is 29.1 Å². The van der Waals surface area contributed by atoms with Crippen LogP contribution in [0.5, 0.6) is 5.75 Å². The van der Waals surface area contributed by atoms with Crippen LogP contribution in [0, 0.1) is 17.3 Å². The summed E-state index contributed by atoms with van der Waals surface area (Å²) in [6.07, 6.45) is 3.16. The molecule has 8 atom stereocenters. The van der Waals surface area contributed by atoms with Crippen LogP contribution in [0.1, 0.15) is 118 Å². The number of imidazole rings is 1. The van der Waals surface area contributed by atoms with Gasteiger partial charge in [-0.15, -0.1) is 11.3 Å².